The highest BCUT2D eigenvalue weighted by molar-refractivity contribution is 5.98. The molecule has 4 rings (SSSR count). The lowest BCUT2D eigenvalue weighted by Gasteiger charge is -2.50. The standard InChI is InChI=1S/2C15H20O2/c2*1-3-7-15(17)9-5-4-8-14(15)10-6-12(2)11-13(14)16/h2*1,11,17H,4-10H2,2H3/t2*14-,15+/m10/s1. The number of rotatable bonds is 2. The largest absolute Gasteiger partial charge is 0.388 e. The van der Waals surface area contributed by atoms with Gasteiger partial charge in [-0.1, -0.05) is 36.8 Å². The third-order valence-electron chi connectivity index (χ3n) is 9.05. The van der Waals surface area contributed by atoms with Crippen LogP contribution in [0.15, 0.2) is 23.3 Å². The van der Waals surface area contributed by atoms with Crippen molar-refractivity contribution < 1.29 is 19.8 Å². The minimum Gasteiger partial charge on any atom is -0.388 e. The van der Waals surface area contributed by atoms with E-state index >= 15 is 0 Å². The highest BCUT2D eigenvalue weighted by Gasteiger charge is 2.56. The first kappa shape index (κ1) is 26.5. The van der Waals surface area contributed by atoms with Crippen molar-refractivity contribution in [2.45, 2.75) is 115 Å². The number of hydrogen-bond donors (Lipinski definition) is 2. The molecule has 4 atom stereocenters. The smallest absolute Gasteiger partial charge is 0.164 e. The van der Waals surface area contributed by atoms with Crippen LogP contribution in [0.4, 0.5) is 0 Å². The van der Waals surface area contributed by atoms with Crippen LogP contribution in [-0.2, 0) is 9.59 Å². The Morgan fingerprint density at radius 1 is 0.706 bits per heavy atom. The maximum absolute atomic E-state index is 12.4. The summed E-state index contributed by atoms with van der Waals surface area (Å²) in [6.07, 6.45) is 25.0. The van der Waals surface area contributed by atoms with E-state index in [9.17, 15) is 19.8 Å². The van der Waals surface area contributed by atoms with Gasteiger partial charge in [0.05, 0.1) is 22.0 Å². The van der Waals surface area contributed by atoms with E-state index in [1.54, 1.807) is 12.2 Å². The lowest BCUT2D eigenvalue weighted by atomic mass is 9.56. The van der Waals surface area contributed by atoms with E-state index in [0.717, 1.165) is 75.4 Å². The van der Waals surface area contributed by atoms with Crippen LogP contribution in [0.1, 0.15) is 104 Å². The number of carbonyl (C=O) groups excluding carboxylic acids is 2. The molecule has 184 valence electrons. The Kier molecular flexibility index (Phi) is 7.96. The molecule has 0 radical (unpaired) electrons. The number of aliphatic hydroxyl groups is 2. The summed E-state index contributed by atoms with van der Waals surface area (Å²) in [4.78, 5) is 24.7. The van der Waals surface area contributed by atoms with Crippen LogP contribution in [-0.4, -0.2) is 33.0 Å². The normalized spacial score (nSPS) is 37.7. The molecule has 4 aliphatic carbocycles. The fraction of sp³-hybridized carbons (Fsp3) is 0.667. The highest BCUT2D eigenvalue weighted by atomic mass is 16.3. The highest BCUT2D eigenvalue weighted by Crippen LogP contribution is 2.53. The van der Waals surface area contributed by atoms with Gasteiger partial charge >= 0.3 is 0 Å². The maximum Gasteiger partial charge on any atom is 0.164 e. The van der Waals surface area contributed by atoms with Gasteiger partial charge in [0.1, 0.15) is 0 Å². The van der Waals surface area contributed by atoms with Crippen molar-refractivity contribution in [2.75, 3.05) is 0 Å². The number of carbonyl (C=O) groups is 2. The Hall–Kier alpha value is -2.14. The molecule has 2 spiro atoms. The molecular formula is C30H40O4. The summed E-state index contributed by atoms with van der Waals surface area (Å²) < 4.78 is 0. The second kappa shape index (κ2) is 10.2. The van der Waals surface area contributed by atoms with Gasteiger partial charge in [0.15, 0.2) is 11.6 Å². The zero-order valence-corrected chi connectivity index (χ0v) is 20.9. The molecule has 0 amide bonds. The molecule has 0 aromatic carbocycles. The van der Waals surface area contributed by atoms with E-state index in [2.05, 4.69) is 11.8 Å². The summed E-state index contributed by atoms with van der Waals surface area (Å²) in [6, 6.07) is 0. The van der Waals surface area contributed by atoms with Crippen LogP contribution >= 0.6 is 0 Å². The van der Waals surface area contributed by atoms with Gasteiger partial charge in [-0.15, -0.1) is 24.7 Å². The SMILES string of the molecule is C#CC[C@@]1(O)CCCC[C@@]12CCC(C)=CC2=O.C#CC[C@]1(O)CCCC[C@]12CCC(C)=CC2=O. The number of ketones is 2. The zero-order chi connectivity index (χ0) is 25.0. The van der Waals surface area contributed by atoms with Gasteiger partial charge in [-0.3, -0.25) is 9.59 Å². The first-order chi connectivity index (χ1) is 16.1. The summed E-state index contributed by atoms with van der Waals surface area (Å²) in [7, 11) is 0. The van der Waals surface area contributed by atoms with Crippen LogP contribution in [0.2, 0.25) is 0 Å². The lowest BCUT2D eigenvalue weighted by molar-refractivity contribution is -0.155. The Bertz CT molecular complexity index is 881. The van der Waals surface area contributed by atoms with Crippen molar-refractivity contribution in [2.24, 2.45) is 10.8 Å². The first-order valence-electron chi connectivity index (χ1n) is 12.8. The van der Waals surface area contributed by atoms with Crippen molar-refractivity contribution in [1.82, 2.24) is 0 Å². The van der Waals surface area contributed by atoms with Gasteiger partial charge in [0, 0.05) is 12.8 Å². The summed E-state index contributed by atoms with van der Waals surface area (Å²) in [5, 5.41) is 21.6. The van der Waals surface area contributed by atoms with Gasteiger partial charge < -0.3 is 10.2 Å². The first-order valence-corrected chi connectivity index (χ1v) is 12.8. The summed E-state index contributed by atoms with van der Waals surface area (Å²) in [5.74, 6) is 5.31. The molecular weight excluding hydrogens is 424 g/mol. The molecule has 0 aromatic heterocycles. The predicted octanol–water partition coefficient (Wildman–Crippen LogP) is 5.22. The van der Waals surface area contributed by atoms with E-state index in [-0.39, 0.29) is 11.6 Å². The van der Waals surface area contributed by atoms with E-state index < -0.39 is 22.0 Å². The molecule has 0 saturated heterocycles. The van der Waals surface area contributed by atoms with Crippen molar-refractivity contribution >= 4 is 11.6 Å². The van der Waals surface area contributed by atoms with Gasteiger partial charge in [-0.05, 0) is 77.4 Å². The van der Waals surface area contributed by atoms with Crippen molar-refractivity contribution in [3.63, 3.8) is 0 Å². The minimum absolute atomic E-state index is 0.0960. The van der Waals surface area contributed by atoms with Crippen LogP contribution < -0.4 is 0 Å². The van der Waals surface area contributed by atoms with Gasteiger partial charge in [0.2, 0.25) is 0 Å². The van der Waals surface area contributed by atoms with E-state index in [1.807, 2.05) is 13.8 Å². The second-order valence-corrected chi connectivity index (χ2v) is 11.1. The molecule has 2 N–H and O–H groups in total. The maximum atomic E-state index is 12.4. The topological polar surface area (TPSA) is 74.6 Å². The predicted molar refractivity (Wildman–Crippen MR) is 135 cm³/mol. The van der Waals surface area contributed by atoms with E-state index in [0.29, 0.717) is 25.7 Å². The van der Waals surface area contributed by atoms with E-state index in [4.69, 9.17) is 12.8 Å². The van der Waals surface area contributed by atoms with Crippen molar-refractivity contribution in [1.29, 1.82) is 0 Å². The Labute approximate surface area is 205 Å². The minimum atomic E-state index is -0.978. The molecule has 0 aliphatic heterocycles. The van der Waals surface area contributed by atoms with Crippen LogP contribution in [0, 0.1) is 35.5 Å². The third kappa shape index (κ3) is 4.56. The molecule has 0 unspecified atom stereocenters. The van der Waals surface area contributed by atoms with Crippen LogP contribution in [0.25, 0.3) is 0 Å². The number of terminal acetylenes is 2. The van der Waals surface area contributed by atoms with Gasteiger partial charge in [-0.2, -0.15) is 0 Å². The van der Waals surface area contributed by atoms with Crippen molar-refractivity contribution in [3.8, 4) is 24.7 Å². The zero-order valence-electron chi connectivity index (χ0n) is 20.9. The van der Waals surface area contributed by atoms with Crippen LogP contribution in [0.3, 0.4) is 0 Å². The molecule has 4 nitrogen and oxygen atoms in total. The van der Waals surface area contributed by atoms with Crippen molar-refractivity contribution in [3.05, 3.63) is 23.3 Å². The number of hydrogen-bond acceptors (Lipinski definition) is 4. The van der Waals surface area contributed by atoms with Crippen LogP contribution in [0.5, 0.6) is 0 Å². The molecule has 2 saturated carbocycles. The van der Waals surface area contributed by atoms with Gasteiger partial charge in [-0.25, -0.2) is 0 Å². The molecule has 0 heterocycles. The molecule has 0 bridgehead atoms. The summed E-state index contributed by atoms with van der Waals surface area (Å²) >= 11 is 0. The third-order valence-corrected chi connectivity index (χ3v) is 9.05. The molecule has 2 fully saturated rings. The molecule has 0 aromatic rings. The average Bonchev–Trinajstić information content (AvgIpc) is 2.78. The lowest BCUT2D eigenvalue weighted by Crippen LogP contribution is -2.55. The second-order valence-electron chi connectivity index (χ2n) is 11.1. The van der Waals surface area contributed by atoms with Gasteiger partial charge in [0.25, 0.3) is 0 Å². The molecule has 34 heavy (non-hydrogen) atoms. The summed E-state index contributed by atoms with van der Waals surface area (Å²) in [6.45, 7) is 3.96. The fourth-order valence-corrected chi connectivity index (χ4v) is 6.84. The molecule has 4 heteroatoms. The van der Waals surface area contributed by atoms with E-state index in [1.165, 1.54) is 0 Å². The Morgan fingerprint density at radius 3 is 1.38 bits per heavy atom. The summed E-state index contributed by atoms with van der Waals surface area (Å²) in [5.41, 5.74) is -0.917. The monoisotopic (exact) mass is 464 g/mol. The quantitative estimate of drug-likeness (QED) is 0.550. The average molecular weight is 465 g/mol. The Morgan fingerprint density at radius 2 is 1.06 bits per heavy atom. The Balaban J connectivity index is 0.000000191. The fourth-order valence-electron chi connectivity index (χ4n) is 6.84. The molecule has 4 aliphatic rings. The number of allylic oxidation sites excluding steroid dienone is 4.